The number of hydrogen-bond acceptors (Lipinski definition) is 2. The van der Waals surface area contributed by atoms with Crippen LogP contribution in [0.15, 0.2) is 30.3 Å². The number of nitrogens with one attached hydrogen (secondary N) is 1. The fourth-order valence-corrected chi connectivity index (χ4v) is 1.20. The third-order valence-corrected chi connectivity index (χ3v) is 2.01. The first-order valence-electron chi connectivity index (χ1n) is 4.72. The lowest BCUT2D eigenvalue weighted by Gasteiger charge is -2.13. The van der Waals surface area contributed by atoms with Gasteiger partial charge in [0.2, 0.25) is 5.91 Å². The van der Waals surface area contributed by atoms with Crippen LogP contribution in [-0.4, -0.2) is 17.0 Å². The van der Waals surface area contributed by atoms with Crippen molar-refractivity contribution in [1.29, 1.82) is 0 Å². The standard InChI is InChI=1S/C11H13NO3/c1-2-9(13)12-10(11(14)15)8-6-4-3-5-7-8/h3-7,10H,2H2,1H3,(H,12,13)(H,14,15)/t10-/m1/s1. The lowest BCUT2D eigenvalue weighted by atomic mass is 10.1. The van der Waals surface area contributed by atoms with Crippen LogP contribution >= 0.6 is 0 Å². The quantitative estimate of drug-likeness (QED) is 0.782. The molecule has 1 aromatic rings. The van der Waals surface area contributed by atoms with E-state index < -0.39 is 12.0 Å². The SMILES string of the molecule is CCC(=O)N[C@@H](C(=O)O)c1ccccc1. The average molecular weight is 207 g/mol. The number of aliphatic carboxylic acids is 1. The second-order valence-corrected chi connectivity index (χ2v) is 3.10. The molecule has 0 fully saturated rings. The van der Waals surface area contributed by atoms with E-state index >= 15 is 0 Å². The van der Waals surface area contributed by atoms with E-state index in [0.29, 0.717) is 5.56 Å². The summed E-state index contributed by atoms with van der Waals surface area (Å²) in [6.07, 6.45) is 0.274. The molecule has 0 bridgehead atoms. The van der Waals surface area contributed by atoms with Crippen LogP contribution in [0, 0.1) is 0 Å². The van der Waals surface area contributed by atoms with E-state index in [2.05, 4.69) is 5.32 Å². The molecule has 0 spiro atoms. The van der Waals surface area contributed by atoms with E-state index in [1.165, 1.54) is 0 Å². The molecule has 1 rings (SSSR count). The molecule has 1 atom stereocenters. The van der Waals surface area contributed by atoms with Gasteiger partial charge in [0, 0.05) is 6.42 Å². The maximum atomic E-state index is 11.1. The minimum absolute atomic E-state index is 0.272. The van der Waals surface area contributed by atoms with Crippen molar-refractivity contribution in [3.05, 3.63) is 35.9 Å². The Hall–Kier alpha value is -1.84. The highest BCUT2D eigenvalue weighted by atomic mass is 16.4. The van der Waals surface area contributed by atoms with Gasteiger partial charge in [-0.25, -0.2) is 4.79 Å². The minimum Gasteiger partial charge on any atom is -0.479 e. The van der Waals surface area contributed by atoms with Gasteiger partial charge in [-0.05, 0) is 5.56 Å². The molecule has 0 heterocycles. The number of hydrogen-bond donors (Lipinski definition) is 2. The summed E-state index contributed by atoms with van der Waals surface area (Å²) in [7, 11) is 0. The van der Waals surface area contributed by atoms with Crippen molar-refractivity contribution in [3.63, 3.8) is 0 Å². The van der Waals surface area contributed by atoms with Gasteiger partial charge < -0.3 is 10.4 Å². The van der Waals surface area contributed by atoms with Gasteiger partial charge in [-0.15, -0.1) is 0 Å². The normalized spacial score (nSPS) is 11.8. The van der Waals surface area contributed by atoms with Gasteiger partial charge >= 0.3 is 5.97 Å². The first-order valence-corrected chi connectivity index (χ1v) is 4.72. The molecule has 0 aliphatic heterocycles. The zero-order valence-electron chi connectivity index (χ0n) is 8.43. The van der Waals surface area contributed by atoms with Crippen molar-refractivity contribution < 1.29 is 14.7 Å². The van der Waals surface area contributed by atoms with E-state index in [1.54, 1.807) is 37.3 Å². The van der Waals surface area contributed by atoms with E-state index in [0.717, 1.165) is 0 Å². The molecule has 15 heavy (non-hydrogen) atoms. The van der Waals surface area contributed by atoms with Crippen LogP contribution in [0.5, 0.6) is 0 Å². The predicted molar refractivity (Wildman–Crippen MR) is 55.3 cm³/mol. The summed E-state index contributed by atoms with van der Waals surface area (Å²) in [4.78, 5) is 22.1. The van der Waals surface area contributed by atoms with Gasteiger partial charge in [0.1, 0.15) is 0 Å². The van der Waals surface area contributed by atoms with Crippen molar-refractivity contribution in [2.75, 3.05) is 0 Å². The predicted octanol–water partition coefficient (Wildman–Crippen LogP) is 1.34. The van der Waals surface area contributed by atoms with Crippen LogP contribution < -0.4 is 5.32 Å². The third-order valence-electron chi connectivity index (χ3n) is 2.01. The fraction of sp³-hybridized carbons (Fsp3) is 0.273. The van der Waals surface area contributed by atoms with Crippen LogP contribution in [0.3, 0.4) is 0 Å². The lowest BCUT2D eigenvalue weighted by molar-refractivity contribution is -0.142. The number of rotatable bonds is 4. The van der Waals surface area contributed by atoms with Crippen molar-refractivity contribution in [1.82, 2.24) is 5.32 Å². The Bertz CT molecular complexity index is 348. The highest BCUT2D eigenvalue weighted by Crippen LogP contribution is 2.12. The summed E-state index contributed by atoms with van der Waals surface area (Å²) in [5.41, 5.74) is 0.576. The molecule has 0 aromatic heterocycles. The summed E-state index contributed by atoms with van der Waals surface area (Å²) in [5, 5.41) is 11.4. The number of benzene rings is 1. The van der Waals surface area contributed by atoms with Gasteiger partial charge in [-0.3, -0.25) is 4.79 Å². The molecule has 4 heteroatoms. The summed E-state index contributed by atoms with van der Waals surface area (Å²) < 4.78 is 0. The zero-order chi connectivity index (χ0) is 11.3. The Morgan fingerprint density at radius 2 is 1.93 bits per heavy atom. The average Bonchev–Trinajstić information content (AvgIpc) is 2.26. The summed E-state index contributed by atoms with van der Waals surface area (Å²) in [6.45, 7) is 1.68. The first-order chi connectivity index (χ1) is 7.15. The topological polar surface area (TPSA) is 66.4 Å². The number of carbonyl (C=O) groups is 2. The van der Waals surface area contributed by atoms with Gasteiger partial charge in [0.25, 0.3) is 0 Å². The zero-order valence-corrected chi connectivity index (χ0v) is 8.43. The fourth-order valence-electron chi connectivity index (χ4n) is 1.20. The Balaban J connectivity index is 2.84. The van der Waals surface area contributed by atoms with E-state index in [4.69, 9.17) is 5.11 Å². The maximum Gasteiger partial charge on any atom is 0.330 e. The Kier molecular flexibility index (Phi) is 3.85. The van der Waals surface area contributed by atoms with Crippen LogP contribution in [0.25, 0.3) is 0 Å². The molecule has 1 aromatic carbocycles. The second-order valence-electron chi connectivity index (χ2n) is 3.10. The first kappa shape index (κ1) is 11.2. The van der Waals surface area contributed by atoms with E-state index in [1.807, 2.05) is 0 Å². The van der Waals surface area contributed by atoms with Crippen LogP contribution in [0.2, 0.25) is 0 Å². The second kappa shape index (κ2) is 5.14. The molecule has 0 radical (unpaired) electrons. The van der Waals surface area contributed by atoms with Crippen LogP contribution in [0.4, 0.5) is 0 Å². The number of carboxylic acids is 1. The van der Waals surface area contributed by atoms with Gasteiger partial charge in [0.05, 0.1) is 0 Å². The summed E-state index contributed by atoms with van der Waals surface area (Å²) >= 11 is 0. The Morgan fingerprint density at radius 1 is 1.33 bits per heavy atom. The summed E-state index contributed by atoms with van der Waals surface area (Å²) in [5.74, 6) is -1.32. The molecular formula is C11H13NO3. The van der Waals surface area contributed by atoms with Crippen LogP contribution in [-0.2, 0) is 9.59 Å². The largest absolute Gasteiger partial charge is 0.479 e. The molecule has 0 unspecified atom stereocenters. The molecular weight excluding hydrogens is 194 g/mol. The van der Waals surface area contributed by atoms with Crippen molar-refractivity contribution >= 4 is 11.9 Å². The molecule has 0 saturated carbocycles. The monoisotopic (exact) mass is 207 g/mol. The number of amides is 1. The molecule has 1 amide bonds. The molecule has 4 nitrogen and oxygen atoms in total. The van der Waals surface area contributed by atoms with Gasteiger partial charge in [0.15, 0.2) is 6.04 Å². The highest BCUT2D eigenvalue weighted by Gasteiger charge is 2.20. The number of carbonyl (C=O) groups excluding carboxylic acids is 1. The van der Waals surface area contributed by atoms with Gasteiger partial charge in [-0.1, -0.05) is 37.3 Å². The van der Waals surface area contributed by atoms with Gasteiger partial charge in [-0.2, -0.15) is 0 Å². The van der Waals surface area contributed by atoms with Crippen LogP contribution in [0.1, 0.15) is 24.9 Å². The van der Waals surface area contributed by atoms with E-state index in [-0.39, 0.29) is 12.3 Å². The maximum absolute atomic E-state index is 11.1. The molecule has 0 aliphatic carbocycles. The molecule has 0 saturated heterocycles. The van der Waals surface area contributed by atoms with Crippen molar-refractivity contribution in [3.8, 4) is 0 Å². The smallest absolute Gasteiger partial charge is 0.330 e. The Morgan fingerprint density at radius 3 is 2.40 bits per heavy atom. The van der Waals surface area contributed by atoms with Crippen molar-refractivity contribution in [2.45, 2.75) is 19.4 Å². The summed E-state index contributed by atoms with van der Waals surface area (Å²) in [6, 6.07) is 7.67. The molecule has 0 aliphatic rings. The third kappa shape index (κ3) is 3.09. The molecule has 80 valence electrons. The van der Waals surface area contributed by atoms with E-state index in [9.17, 15) is 9.59 Å². The Labute approximate surface area is 87.9 Å². The lowest BCUT2D eigenvalue weighted by Crippen LogP contribution is -2.33. The highest BCUT2D eigenvalue weighted by molar-refractivity contribution is 5.84. The molecule has 2 N–H and O–H groups in total. The van der Waals surface area contributed by atoms with Crippen molar-refractivity contribution in [2.24, 2.45) is 0 Å². The number of carboxylic acid groups (broad SMARTS) is 1. The minimum atomic E-state index is -1.05.